The van der Waals surface area contributed by atoms with Crippen molar-refractivity contribution in [3.63, 3.8) is 0 Å². The van der Waals surface area contributed by atoms with Crippen molar-refractivity contribution in [1.82, 2.24) is 9.80 Å². The number of benzene rings is 3. The number of carboxylic acid groups (broad SMARTS) is 1. The van der Waals surface area contributed by atoms with Crippen LogP contribution in [0.1, 0.15) is 32.6 Å². The molecule has 1 aliphatic heterocycles. The van der Waals surface area contributed by atoms with Gasteiger partial charge in [0.15, 0.2) is 0 Å². The second-order valence-corrected chi connectivity index (χ2v) is 8.69. The van der Waals surface area contributed by atoms with Gasteiger partial charge in [-0.2, -0.15) is 0 Å². The Labute approximate surface area is 204 Å². The van der Waals surface area contributed by atoms with Crippen molar-refractivity contribution in [2.24, 2.45) is 0 Å². The molecule has 0 aromatic heterocycles. The Kier molecular flexibility index (Phi) is 7.15. The Morgan fingerprint density at radius 2 is 1.63 bits per heavy atom. The molecule has 0 radical (unpaired) electrons. The number of nitrogens with zero attached hydrogens (tertiary/aromatic N) is 2. The van der Waals surface area contributed by atoms with E-state index in [2.05, 4.69) is 0 Å². The van der Waals surface area contributed by atoms with Crippen molar-refractivity contribution in [1.29, 1.82) is 0 Å². The molecule has 7 nitrogen and oxygen atoms in total. The van der Waals surface area contributed by atoms with Crippen LogP contribution in [0.15, 0.2) is 72.8 Å². The van der Waals surface area contributed by atoms with E-state index in [9.17, 15) is 19.5 Å². The van der Waals surface area contributed by atoms with Crippen LogP contribution in [0.3, 0.4) is 0 Å². The van der Waals surface area contributed by atoms with Crippen molar-refractivity contribution in [2.75, 3.05) is 13.7 Å². The van der Waals surface area contributed by atoms with Crippen LogP contribution >= 0.6 is 0 Å². The molecule has 0 saturated heterocycles. The molecule has 2 amide bonds. The van der Waals surface area contributed by atoms with E-state index in [1.54, 1.807) is 29.2 Å². The van der Waals surface area contributed by atoms with Gasteiger partial charge in [-0.15, -0.1) is 0 Å². The molecular weight excluding hydrogens is 444 g/mol. The van der Waals surface area contributed by atoms with E-state index in [0.29, 0.717) is 23.3 Å². The summed E-state index contributed by atoms with van der Waals surface area (Å²) in [6, 6.07) is 21.3. The average Bonchev–Trinajstić information content (AvgIpc) is 2.87. The van der Waals surface area contributed by atoms with Gasteiger partial charge in [0.25, 0.3) is 5.91 Å². The molecular formula is C28H28N2O5. The average molecular weight is 473 g/mol. The Balaban J connectivity index is 1.70. The number of aliphatic carboxylic acids is 1. The fourth-order valence-electron chi connectivity index (χ4n) is 4.44. The topological polar surface area (TPSA) is 87.2 Å². The molecule has 1 N–H and O–H groups in total. The van der Waals surface area contributed by atoms with Crippen LogP contribution in [-0.2, 0) is 29.1 Å². The van der Waals surface area contributed by atoms with E-state index in [1.165, 1.54) is 12.0 Å². The second-order valence-electron chi connectivity index (χ2n) is 8.69. The van der Waals surface area contributed by atoms with Gasteiger partial charge in [0.2, 0.25) is 5.91 Å². The van der Waals surface area contributed by atoms with Crippen LogP contribution in [0.2, 0.25) is 0 Å². The van der Waals surface area contributed by atoms with Gasteiger partial charge in [0.1, 0.15) is 18.3 Å². The summed E-state index contributed by atoms with van der Waals surface area (Å²) in [7, 11) is 1.53. The molecule has 0 saturated carbocycles. The van der Waals surface area contributed by atoms with Gasteiger partial charge >= 0.3 is 5.97 Å². The highest BCUT2D eigenvalue weighted by molar-refractivity contribution is 5.98. The number of hydrogen-bond donors (Lipinski definition) is 1. The predicted molar refractivity (Wildman–Crippen MR) is 131 cm³/mol. The minimum atomic E-state index is -1.12. The first kappa shape index (κ1) is 24.0. The van der Waals surface area contributed by atoms with Gasteiger partial charge in [0.05, 0.1) is 13.7 Å². The zero-order valence-corrected chi connectivity index (χ0v) is 19.8. The maximum Gasteiger partial charge on any atom is 0.323 e. The molecule has 1 aliphatic rings. The van der Waals surface area contributed by atoms with E-state index in [0.717, 1.165) is 16.7 Å². The number of fused-ring (bicyclic) bond motifs is 1. The smallest absolute Gasteiger partial charge is 0.323 e. The van der Waals surface area contributed by atoms with Crippen LogP contribution in [0.5, 0.6) is 5.75 Å². The third kappa shape index (κ3) is 5.35. The van der Waals surface area contributed by atoms with Crippen LogP contribution in [0.4, 0.5) is 0 Å². The lowest BCUT2D eigenvalue weighted by molar-refractivity contribution is -0.147. The third-order valence-electron chi connectivity index (χ3n) is 6.28. The largest absolute Gasteiger partial charge is 0.496 e. The lowest BCUT2D eigenvalue weighted by Gasteiger charge is -2.38. The van der Waals surface area contributed by atoms with E-state index in [4.69, 9.17) is 4.74 Å². The van der Waals surface area contributed by atoms with Crippen molar-refractivity contribution in [3.8, 4) is 5.75 Å². The highest BCUT2D eigenvalue weighted by Crippen LogP contribution is 2.28. The lowest BCUT2D eigenvalue weighted by atomic mass is 9.92. The number of carboxylic acids is 1. The maximum atomic E-state index is 13.9. The first-order valence-corrected chi connectivity index (χ1v) is 11.4. The standard InChI is InChI=1S/C28H28N2O5/c1-19-11-13-20(14-12-19)27(33)30-17-22-8-4-3-7-21(22)15-24(30)28(34)29(18-26(31)32)16-23-9-5-6-10-25(23)35-2/h3-14,24H,15-18H2,1-2H3,(H,31,32)/t24-/m0/s1. The number of aryl methyl sites for hydroxylation is 1. The number of hydrogen-bond acceptors (Lipinski definition) is 4. The number of carbonyl (C=O) groups excluding carboxylic acids is 2. The van der Waals surface area contributed by atoms with Crippen LogP contribution in [0, 0.1) is 6.92 Å². The molecule has 3 aromatic rings. The molecule has 1 heterocycles. The molecule has 7 heteroatoms. The summed E-state index contributed by atoms with van der Waals surface area (Å²) in [4.78, 5) is 42.0. The summed E-state index contributed by atoms with van der Waals surface area (Å²) >= 11 is 0. The molecule has 0 unspecified atom stereocenters. The fourth-order valence-corrected chi connectivity index (χ4v) is 4.44. The molecule has 0 aliphatic carbocycles. The van der Waals surface area contributed by atoms with Gasteiger partial charge < -0.3 is 19.6 Å². The maximum absolute atomic E-state index is 13.9. The summed E-state index contributed by atoms with van der Waals surface area (Å²) in [5.74, 6) is -1.23. The number of amides is 2. The predicted octanol–water partition coefficient (Wildman–Crippen LogP) is 3.68. The first-order valence-electron chi connectivity index (χ1n) is 11.4. The fraction of sp³-hybridized carbons (Fsp3) is 0.250. The molecule has 0 spiro atoms. The summed E-state index contributed by atoms with van der Waals surface area (Å²) in [6.45, 7) is 1.79. The Bertz CT molecular complexity index is 1240. The third-order valence-corrected chi connectivity index (χ3v) is 6.28. The normalized spacial score (nSPS) is 14.7. The van der Waals surface area contributed by atoms with Gasteiger partial charge in [-0.05, 0) is 36.2 Å². The zero-order valence-electron chi connectivity index (χ0n) is 19.8. The lowest BCUT2D eigenvalue weighted by Crippen LogP contribution is -2.54. The second kappa shape index (κ2) is 10.4. The van der Waals surface area contributed by atoms with Crippen molar-refractivity contribution in [2.45, 2.75) is 32.5 Å². The number of ether oxygens (including phenoxy) is 1. The van der Waals surface area contributed by atoms with Gasteiger partial charge in [-0.3, -0.25) is 14.4 Å². The highest BCUT2D eigenvalue weighted by Gasteiger charge is 2.38. The highest BCUT2D eigenvalue weighted by atomic mass is 16.5. The van der Waals surface area contributed by atoms with Crippen LogP contribution < -0.4 is 4.74 Å². The Morgan fingerprint density at radius 1 is 0.971 bits per heavy atom. The van der Waals surface area contributed by atoms with E-state index in [-0.39, 0.29) is 19.0 Å². The van der Waals surface area contributed by atoms with Crippen LogP contribution in [0.25, 0.3) is 0 Å². The van der Waals surface area contributed by atoms with Crippen molar-refractivity contribution >= 4 is 17.8 Å². The van der Waals surface area contributed by atoms with Gasteiger partial charge in [-0.1, -0.05) is 60.2 Å². The number of carbonyl (C=O) groups is 3. The Hall–Kier alpha value is -4.13. The SMILES string of the molecule is COc1ccccc1CN(CC(=O)O)C(=O)[C@@H]1Cc2ccccc2CN1C(=O)c1ccc(C)cc1. The quantitative estimate of drug-likeness (QED) is 0.567. The molecule has 1 atom stereocenters. The summed E-state index contributed by atoms with van der Waals surface area (Å²) in [5.41, 5.74) is 4.17. The molecule has 4 rings (SSSR count). The minimum Gasteiger partial charge on any atom is -0.496 e. The molecule has 180 valence electrons. The number of methoxy groups -OCH3 is 1. The zero-order chi connectivity index (χ0) is 24.9. The summed E-state index contributed by atoms with van der Waals surface area (Å²) in [5, 5.41) is 9.57. The van der Waals surface area contributed by atoms with Gasteiger partial charge in [-0.25, -0.2) is 0 Å². The van der Waals surface area contributed by atoms with E-state index >= 15 is 0 Å². The van der Waals surface area contributed by atoms with E-state index in [1.807, 2.05) is 55.5 Å². The summed E-state index contributed by atoms with van der Waals surface area (Å²) < 4.78 is 5.40. The van der Waals surface area contributed by atoms with Crippen molar-refractivity contribution in [3.05, 3.63) is 101 Å². The van der Waals surface area contributed by atoms with Crippen LogP contribution in [-0.4, -0.2) is 52.4 Å². The van der Waals surface area contributed by atoms with Crippen molar-refractivity contribution < 1.29 is 24.2 Å². The minimum absolute atomic E-state index is 0.0554. The number of para-hydroxylation sites is 1. The first-order chi connectivity index (χ1) is 16.9. The monoisotopic (exact) mass is 472 g/mol. The molecule has 0 fully saturated rings. The number of rotatable bonds is 7. The molecule has 3 aromatic carbocycles. The van der Waals surface area contributed by atoms with Gasteiger partial charge in [0, 0.05) is 24.1 Å². The molecule has 35 heavy (non-hydrogen) atoms. The van der Waals surface area contributed by atoms with E-state index < -0.39 is 24.5 Å². The summed E-state index contributed by atoms with van der Waals surface area (Å²) in [6.07, 6.45) is 0.314. The molecule has 0 bridgehead atoms. The Morgan fingerprint density at radius 3 is 2.31 bits per heavy atom.